The van der Waals surface area contributed by atoms with Gasteiger partial charge in [-0.25, -0.2) is 4.98 Å². The quantitative estimate of drug-likeness (QED) is 0.705. The smallest absolute Gasteiger partial charge is 0.245 e. The number of carbonyl (C=O) groups excluding carboxylic acids is 1. The van der Waals surface area contributed by atoms with E-state index in [-0.39, 0.29) is 11.9 Å². The lowest BCUT2D eigenvalue weighted by Crippen LogP contribution is -2.50. The van der Waals surface area contributed by atoms with Crippen molar-refractivity contribution in [3.05, 3.63) is 48.2 Å². The summed E-state index contributed by atoms with van der Waals surface area (Å²) in [5.41, 5.74) is 3.08. The molecule has 0 unspecified atom stereocenters. The minimum atomic E-state index is 0.0742. The van der Waals surface area contributed by atoms with E-state index in [9.17, 15) is 4.79 Å². The monoisotopic (exact) mass is 404 g/mol. The maximum Gasteiger partial charge on any atom is 0.245 e. The molecule has 1 amide bonds. The molecule has 7 heteroatoms. The van der Waals surface area contributed by atoms with E-state index in [4.69, 9.17) is 4.98 Å². The van der Waals surface area contributed by atoms with Crippen molar-refractivity contribution < 1.29 is 4.79 Å². The van der Waals surface area contributed by atoms with Gasteiger partial charge in [0, 0.05) is 37.8 Å². The van der Waals surface area contributed by atoms with Gasteiger partial charge < -0.3 is 10.2 Å². The van der Waals surface area contributed by atoms with E-state index in [1.54, 1.807) is 6.20 Å². The van der Waals surface area contributed by atoms with Gasteiger partial charge in [0.25, 0.3) is 0 Å². The van der Waals surface area contributed by atoms with Gasteiger partial charge in [0.1, 0.15) is 0 Å². The van der Waals surface area contributed by atoms with Crippen molar-refractivity contribution in [2.24, 2.45) is 0 Å². The topological polar surface area (TPSA) is 74.2 Å². The van der Waals surface area contributed by atoms with Crippen LogP contribution in [0, 0.1) is 6.92 Å². The number of aromatic nitrogens is 3. The molecule has 0 spiro atoms. The van der Waals surface area contributed by atoms with Crippen LogP contribution in [0.15, 0.2) is 42.6 Å². The van der Waals surface area contributed by atoms with Crippen LogP contribution < -0.4 is 10.2 Å². The van der Waals surface area contributed by atoms with Gasteiger partial charge in [-0.3, -0.25) is 9.69 Å². The summed E-state index contributed by atoms with van der Waals surface area (Å²) in [6.45, 7) is 9.64. The van der Waals surface area contributed by atoms with E-state index in [2.05, 4.69) is 62.6 Å². The molecule has 30 heavy (non-hydrogen) atoms. The normalized spacial score (nSPS) is 15.0. The van der Waals surface area contributed by atoms with Crippen LogP contribution in [-0.4, -0.2) is 64.8 Å². The maximum atomic E-state index is 12.0. The average molecular weight is 405 g/mol. The van der Waals surface area contributed by atoms with E-state index < -0.39 is 0 Å². The van der Waals surface area contributed by atoms with Crippen molar-refractivity contribution in [1.82, 2.24) is 25.4 Å². The minimum absolute atomic E-state index is 0.0742. The van der Waals surface area contributed by atoms with E-state index in [0.29, 0.717) is 12.5 Å². The Balaban J connectivity index is 1.47. The van der Waals surface area contributed by atoms with Crippen molar-refractivity contribution in [2.45, 2.75) is 26.8 Å². The molecule has 1 fully saturated rings. The molecule has 2 heterocycles. The van der Waals surface area contributed by atoms with Gasteiger partial charge in [0.15, 0.2) is 0 Å². The number of carbonyl (C=O) groups is 1. The van der Waals surface area contributed by atoms with E-state index >= 15 is 0 Å². The Hall–Kier alpha value is -3.06. The van der Waals surface area contributed by atoms with Gasteiger partial charge >= 0.3 is 0 Å². The number of nitrogens with zero attached hydrogens (tertiary/aromatic N) is 5. The fraction of sp³-hybridized carbons (Fsp3) is 0.391. The summed E-state index contributed by atoms with van der Waals surface area (Å²) in [6.07, 6.45) is 1.73. The number of hydrogen-bond donors (Lipinski definition) is 1. The van der Waals surface area contributed by atoms with E-state index in [0.717, 1.165) is 37.4 Å². The summed E-state index contributed by atoms with van der Waals surface area (Å²) in [6, 6.07) is 12.9. The molecule has 1 aliphatic rings. The highest BCUT2D eigenvalue weighted by Crippen LogP contribution is 2.27. The summed E-state index contributed by atoms with van der Waals surface area (Å²) >= 11 is 0. The minimum Gasteiger partial charge on any atom is -0.353 e. The maximum absolute atomic E-state index is 12.0. The van der Waals surface area contributed by atoms with Crippen LogP contribution in [0.25, 0.3) is 22.0 Å². The first-order chi connectivity index (χ1) is 14.5. The zero-order valence-corrected chi connectivity index (χ0v) is 17.8. The van der Waals surface area contributed by atoms with Gasteiger partial charge in [0.2, 0.25) is 11.9 Å². The Morgan fingerprint density at radius 1 is 1.10 bits per heavy atom. The van der Waals surface area contributed by atoms with Crippen LogP contribution in [0.4, 0.5) is 5.95 Å². The van der Waals surface area contributed by atoms with Gasteiger partial charge in [-0.1, -0.05) is 30.3 Å². The number of benzene rings is 2. The first-order valence-corrected chi connectivity index (χ1v) is 10.5. The Kier molecular flexibility index (Phi) is 5.90. The van der Waals surface area contributed by atoms with Crippen molar-refractivity contribution in [3.8, 4) is 11.3 Å². The zero-order chi connectivity index (χ0) is 21.1. The number of amides is 1. The lowest BCUT2D eigenvalue weighted by atomic mass is 10.00. The number of rotatable bonds is 5. The van der Waals surface area contributed by atoms with Gasteiger partial charge in [-0.15, -0.1) is 5.10 Å². The lowest BCUT2D eigenvalue weighted by molar-refractivity contribution is -0.122. The molecular weight excluding hydrogens is 376 g/mol. The molecule has 1 N–H and O–H groups in total. The van der Waals surface area contributed by atoms with Crippen LogP contribution in [0.3, 0.4) is 0 Å². The van der Waals surface area contributed by atoms with Crippen molar-refractivity contribution in [2.75, 3.05) is 37.6 Å². The molecule has 4 rings (SSSR count). The third-order valence-corrected chi connectivity index (χ3v) is 5.39. The number of hydrogen-bond acceptors (Lipinski definition) is 6. The predicted molar refractivity (Wildman–Crippen MR) is 119 cm³/mol. The number of fused-ring (bicyclic) bond motifs is 1. The molecule has 0 atom stereocenters. The molecule has 0 aliphatic carbocycles. The number of anilines is 1. The molecule has 7 nitrogen and oxygen atoms in total. The standard InChI is InChI=1S/C23H28N6O/c1-16(2)25-22(30)15-28-8-10-29(11-9-28)23-26-21(14-24-27-23)20-13-19-7-5-4-6-18(19)12-17(20)3/h4-7,12-14,16H,8-11,15H2,1-3H3,(H,25,30). The van der Waals surface area contributed by atoms with Crippen LogP contribution in [-0.2, 0) is 4.79 Å². The highest BCUT2D eigenvalue weighted by atomic mass is 16.2. The first-order valence-electron chi connectivity index (χ1n) is 10.5. The Morgan fingerprint density at radius 3 is 2.50 bits per heavy atom. The van der Waals surface area contributed by atoms with Crippen LogP contribution in [0.1, 0.15) is 19.4 Å². The molecule has 1 aromatic heterocycles. The van der Waals surface area contributed by atoms with Crippen LogP contribution in [0.5, 0.6) is 0 Å². The Labute approximate surface area is 177 Å². The highest BCUT2D eigenvalue weighted by Gasteiger charge is 2.21. The molecule has 3 aromatic rings. The molecule has 1 aliphatic heterocycles. The highest BCUT2D eigenvalue weighted by molar-refractivity contribution is 5.88. The largest absolute Gasteiger partial charge is 0.353 e. The molecular formula is C23H28N6O. The fourth-order valence-corrected chi connectivity index (χ4v) is 3.86. The predicted octanol–water partition coefficient (Wildman–Crippen LogP) is 2.65. The number of nitrogens with one attached hydrogen (secondary N) is 1. The summed E-state index contributed by atoms with van der Waals surface area (Å²) in [7, 11) is 0. The second-order valence-electron chi connectivity index (χ2n) is 8.14. The fourth-order valence-electron chi connectivity index (χ4n) is 3.86. The summed E-state index contributed by atoms with van der Waals surface area (Å²) in [5.74, 6) is 0.719. The second-order valence-corrected chi connectivity index (χ2v) is 8.14. The Morgan fingerprint density at radius 2 is 1.80 bits per heavy atom. The van der Waals surface area contributed by atoms with Gasteiger partial charge in [-0.2, -0.15) is 5.10 Å². The summed E-state index contributed by atoms with van der Waals surface area (Å²) < 4.78 is 0. The zero-order valence-electron chi connectivity index (χ0n) is 17.8. The summed E-state index contributed by atoms with van der Waals surface area (Å²) in [5, 5.41) is 13.9. The number of piperazine rings is 1. The van der Waals surface area contributed by atoms with Crippen molar-refractivity contribution >= 4 is 22.6 Å². The van der Waals surface area contributed by atoms with Crippen LogP contribution in [0.2, 0.25) is 0 Å². The van der Waals surface area contributed by atoms with Crippen LogP contribution >= 0.6 is 0 Å². The third-order valence-electron chi connectivity index (χ3n) is 5.39. The number of aryl methyl sites for hydroxylation is 1. The van der Waals surface area contributed by atoms with Crippen molar-refractivity contribution in [1.29, 1.82) is 0 Å². The molecule has 0 saturated carbocycles. The third kappa shape index (κ3) is 4.57. The molecule has 2 aromatic carbocycles. The van der Waals surface area contributed by atoms with E-state index in [1.807, 2.05) is 19.9 Å². The van der Waals surface area contributed by atoms with E-state index in [1.165, 1.54) is 16.3 Å². The Bertz CT molecular complexity index is 1040. The molecule has 1 saturated heterocycles. The second kappa shape index (κ2) is 8.75. The lowest BCUT2D eigenvalue weighted by Gasteiger charge is -2.34. The van der Waals surface area contributed by atoms with Gasteiger partial charge in [-0.05, 0) is 43.2 Å². The SMILES string of the molecule is Cc1cc2ccccc2cc1-c1cnnc(N2CCN(CC(=O)NC(C)C)CC2)n1. The summed E-state index contributed by atoms with van der Waals surface area (Å²) in [4.78, 5) is 21.1. The molecule has 156 valence electrons. The molecule has 0 bridgehead atoms. The average Bonchev–Trinajstić information content (AvgIpc) is 2.73. The first kappa shape index (κ1) is 20.2. The van der Waals surface area contributed by atoms with Gasteiger partial charge in [0.05, 0.1) is 18.4 Å². The molecule has 0 radical (unpaired) electrons. The van der Waals surface area contributed by atoms with Crippen molar-refractivity contribution in [3.63, 3.8) is 0 Å².